The average Bonchev–Trinajstić information content (AvgIpc) is 3.11. The second-order valence-electron chi connectivity index (χ2n) is 5.37. The largest absolute Gasteiger partial charge is 0.327 e. The Labute approximate surface area is 160 Å². The van der Waals surface area contributed by atoms with Crippen molar-refractivity contribution in [2.75, 3.05) is 0 Å². The number of nitrogens with zero attached hydrogens (tertiary/aromatic N) is 3. The molecule has 0 aliphatic rings. The third-order valence-electron chi connectivity index (χ3n) is 3.65. The van der Waals surface area contributed by atoms with E-state index >= 15 is 0 Å². The molecule has 130 valence electrons. The van der Waals surface area contributed by atoms with Crippen LogP contribution in [0.3, 0.4) is 0 Å². The molecule has 0 aliphatic heterocycles. The molecule has 0 unspecified atom stereocenters. The Hall–Kier alpha value is -2.42. The molecule has 4 rings (SSSR count). The van der Waals surface area contributed by atoms with E-state index in [1.54, 1.807) is 11.6 Å². The first-order valence-electron chi connectivity index (χ1n) is 7.54. The highest BCUT2D eigenvalue weighted by Crippen LogP contribution is 2.25. The smallest absolute Gasteiger partial charge is 0.278 e. The molecule has 6 nitrogen and oxygen atoms in total. The van der Waals surface area contributed by atoms with Crippen LogP contribution in [0, 0.1) is 0 Å². The standard InChI is InChI=1S/C17H11ClN4O2S2/c18-11-3-1-10(2-4-11)8-25-17-21-15-14(26-9-20-15)16(24)22(17)12-5-6-13(23)19-7-12/h1-7,9H,8H2,(H,19,23). The summed E-state index contributed by atoms with van der Waals surface area (Å²) in [6.07, 6.45) is 1.50. The molecule has 3 aromatic heterocycles. The lowest BCUT2D eigenvalue weighted by molar-refractivity contribution is 0.812. The first kappa shape index (κ1) is 17.0. The first-order valence-corrected chi connectivity index (χ1v) is 9.79. The van der Waals surface area contributed by atoms with E-state index in [2.05, 4.69) is 15.0 Å². The van der Waals surface area contributed by atoms with Gasteiger partial charge in [0.1, 0.15) is 4.70 Å². The van der Waals surface area contributed by atoms with E-state index in [1.807, 2.05) is 24.3 Å². The minimum Gasteiger partial charge on any atom is -0.327 e. The van der Waals surface area contributed by atoms with Gasteiger partial charge in [0.2, 0.25) is 5.56 Å². The van der Waals surface area contributed by atoms with Crippen LogP contribution in [0.4, 0.5) is 0 Å². The van der Waals surface area contributed by atoms with Gasteiger partial charge in [-0.1, -0.05) is 35.5 Å². The molecule has 0 radical (unpaired) electrons. The quantitative estimate of drug-likeness (QED) is 0.417. The van der Waals surface area contributed by atoms with Gasteiger partial charge in [-0.3, -0.25) is 14.2 Å². The van der Waals surface area contributed by atoms with E-state index in [-0.39, 0.29) is 11.1 Å². The molecule has 0 amide bonds. The summed E-state index contributed by atoms with van der Waals surface area (Å²) in [5, 5.41) is 1.18. The number of thiazole rings is 1. The van der Waals surface area contributed by atoms with Crippen LogP contribution in [-0.2, 0) is 5.75 Å². The normalized spacial score (nSPS) is 11.1. The monoisotopic (exact) mass is 402 g/mol. The van der Waals surface area contributed by atoms with Gasteiger partial charge >= 0.3 is 0 Å². The van der Waals surface area contributed by atoms with Crippen LogP contribution in [0.1, 0.15) is 5.56 Å². The summed E-state index contributed by atoms with van der Waals surface area (Å²) in [5.41, 5.74) is 3.20. The van der Waals surface area contributed by atoms with Crippen LogP contribution in [-0.4, -0.2) is 19.5 Å². The Bertz CT molecular complexity index is 1180. The number of H-pyrrole nitrogens is 1. The van der Waals surface area contributed by atoms with Gasteiger partial charge in [0, 0.05) is 23.0 Å². The van der Waals surface area contributed by atoms with E-state index in [0.29, 0.717) is 32.0 Å². The maximum atomic E-state index is 12.9. The lowest BCUT2D eigenvalue weighted by atomic mass is 10.2. The maximum Gasteiger partial charge on any atom is 0.278 e. The van der Waals surface area contributed by atoms with Crippen molar-refractivity contribution in [1.29, 1.82) is 0 Å². The molecule has 1 aromatic carbocycles. The third kappa shape index (κ3) is 3.31. The van der Waals surface area contributed by atoms with Crippen molar-refractivity contribution in [3.8, 4) is 5.69 Å². The second-order valence-corrected chi connectivity index (χ2v) is 7.60. The SMILES string of the molecule is O=c1ccc(-n2c(SCc3ccc(Cl)cc3)nc3ncsc3c2=O)c[nH]1. The first-order chi connectivity index (χ1) is 12.6. The van der Waals surface area contributed by atoms with E-state index < -0.39 is 0 Å². The summed E-state index contributed by atoms with van der Waals surface area (Å²) in [4.78, 5) is 35.6. The van der Waals surface area contributed by atoms with Crippen molar-refractivity contribution >= 4 is 45.0 Å². The van der Waals surface area contributed by atoms with Gasteiger partial charge in [0.05, 0.1) is 11.2 Å². The van der Waals surface area contributed by atoms with Crippen molar-refractivity contribution in [3.63, 3.8) is 0 Å². The number of aromatic nitrogens is 4. The Morgan fingerprint density at radius 3 is 2.69 bits per heavy atom. The highest BCUT2D eigenvalue weighted by molar-refractivity contribution is 7.98. The van der Waals surface area contributed by atoms with Crippen LogP contribution >= 0.6 is 34.7 Å². The molecule has 0 spiro atoms. The molecule has 0 atom stereocenters. The fourth-order valence-corrected chi connectivity index (χ4v) is 4.13. The predicted octanol–water partition coefficient (Wildman–Crippen LogP) is 3.48. The summed E-state index contributed by atoms with van der Waals surface area (Å²) in [7, 11) is 0. The van der Waals surface area contributed by atoms with Crippen molar-refractivity contribution in [2.45, 2.75) is 10.9 Å². The Morgan fingerprint density at radius 1 is 1.15 bits per heavy atom. The van der Waals surface area contributed by atoms with Crippen LogP contribution in [0.2, 0.25) is 5.02 Å². The van der Waals surface area contributed by atoms with Crippen molar-refractivity contribution < 1.29 is 0 Å². The number of hydrogen-bond donors (Lipinski definition) is 1. The summed E-state index contributed by atoms with van der Waals surface area (Å²) < 4.78 is 1.98. The number of rotatable bonds is 4. The van der Waals surface area contributed by atoms with Gasteiger partial charge < -0.3 is 4.98 Å². The molecular weight excluding hydrogens is 392 g/mol. The molecule has 26 heavy (non-hydrogen) atoms. The minimum absolute atomic E-state index is 0.205. The van der Waals surface area contributed by atoms with Crippen LogP contribution < -0.4 is 11.1 Å². The number of thioether (sulfide) groups is 1. The summed E-state index contributed by atoms with van der Waals surface area (Å²) in [6.45, 7) is 0. The Balaban J connectivity index is 1.80. The fraction of sp³-hybridized carbons (Fsp3) is 0.0588. The molecule has 0 bridgehead atoms. The van der Waals surface area contributed by atoms with Crippen molar-refractivity contribution in [3.05, 3.63) is 79.4 Å². The van der Waals surface area contributed by atoms with Gasteiger partial charge in [-0.15, -0.1) is 11.3 Å². The van der Waals surface area contributed by atoms with Crippen LogP contribution in [0.5, 0.6) is 0 Å². The molecular formula is C17H11ClN4O2S2. The third-order valence-corrected chi connectivity index (χ3v) is 5.71. The van der Waals surface area contributed by atoms with Crippen molar-refractivity contribution in [1.82, 2.24) is 19.5 Å². The fourth-order valence-electron chi connectivity index (χ4n) is 2.39. The van der Waals surface area contributed by atoms with Gasteiger partial charge in [0.25, 0.3) is 5.56 Å². The maximum absolute atomic E-state index is 12.9. The van der Waals surface area contributed by atoms with E-state index in [0.717, 1.165) is 5.56 Å². The number of pyridine rings is 1. The lowest BCUT2D eigenvalue weighted by Crippen LogP contribution is -2.22. The van der Waals surface area contributed by atoms with E-state index in [9.17, 15) is 9.59 Å². The Morgan fingerprint density at radius 2 is 1.96 bits per heavy atom. The second kappa shape index (κ2) is 7.06. The highest BCUT2D eigenvalue weighted by Gasteiger charge is 2.15. The van der Waals surface area contributed by atoms with Crippen LogP contribution in [0.25, 0.3) is 16.0 Å². The summed E-state index contributed by atoms with van der Waals surface area (Å²) in [5.74, 6) is 0.614. The van der Waals surface area contributed by atoms with E-state index in [4.69, 9.17) is 11.6 Å². The number of nitrogens with one attached hydrogen (secondary N) is 1. The molecule has 1 N–H and O–H groups in total. The number of hydrogen-bond acceptors (Lipinski definition) is 6. The molecule has 0 aliphatic carbocycles. The highest BCUT2D eigenvalue weighted by atomic mass is 35.5. The molecule has 3 heterocycles. The number of fused-ring (bicyclic) bond motifs is 1. The van der Waals surface area contributed by atoms with Gasteiger partial charge in [-0.2, -0.15) is 0 Å². The van der Waals surface area contributed by atoms with E-state index in [1.165, 1.54) is 39.9 Å². The molecule has 9 heteroatoms. The zero-order valence-corrected chi connectivity index (χ0v) is 15.6. The average molecular weight is 403 g/mol. The minimum atomic E-state index is -0.232. The number of halogens is 1. The van der Waals surface area contributed by atoms with Crippen LogP contribution in [0.15, 0.2) is 62.9 Å². The summed E-state index contributed by atoms with van der Waals surface area (Å²) in [6, 6.07) is 10.5. The Kier molecular flexibility index (Phi) is 4.62. The zero-order chi connectivity index (χ0) is 18.1. The zero-order valence-electron chi connectivity index (χ0n) is 13.2. The molecule has 0 saturated heterocycles. The number of benzene rings is 1. The predicted molar refractivity (Wildman–Crippen MR) is 105 cm³/mol. The van der Waals surface area contributed by atoms with Gasteiger partial charge in [-0.25, -0.2) is 9.97 Å². The molecule has 0 fully saturated rings. The molecule has 4 aromatic rings. The number of aromatic amines is 1. The van der Waals surface area contributed by atoms with Crippen molar-refractivity contribution in [2.24, 2.45) is 0 Å². The lowest BCUT2D eigenvalue weighted by Gasteiger charge is -2.11. The summed E-state index contributed by atoms with van der Waals surface area (Å²) >= 11 is 8.59. The van der Waals surface area contributed by atoms with Gasteiger partial charge in [-0.05, 0) is 23.8 Å². The van der Waals surface area contributed by atoms with Gasteiger partial charge in [0.15, 0.2) is 10.8 Å². The topological polar surface area (TPSA) is 80.6 Å². The molecule has 0 saturated carbocycles.